The van der Waals surface area contributed by atoms with E-state index in [1.54, 1.807) is 20.3 Å². The molecule has 1 unspecified atom stereocenters. The highest BCUT2D eigenvalue weighted by Crippen LogP contribution is 2.34. The van der Waals surface area contributed by atoms with Gasteiger partial charge in [0.1, 0.15) is 0 Å². The quantitative estimate of drug-likeness (QED) is 0.769. The van der Waals surface area contributed by atoms with Crippen LogP contribution >= 0.6 is 11.6 Å². The standard InChI is InChI=1S/C15H19ClO2/c1-5-6-7-11(2)8-12-9-14(17-3)15(18-4)10-13(12)16/h9-11H,5,8H2,1-4H3. The summed E-state index contributed by atoms with van der Waals surface area (Å²) in [6.07, 6.45) is 1.69. The molecule has 98 valence electrons. The van der Waals surface area contributed by atoms with Crippen molar-refractivity contribution in [1.29, 1.82) is 0 Å². The minimum absolute atomic E-state index is 0.278. The molecule has 0 aromatic heterocycles. The lowest BCUT2D eigenvalue weighted by atomic mass is 10.0. The summed E-state index contributed by atoms with van der Waals surface area (Å²) in [5.41, 5.74) is 1.03. The number of hydrogen-bond donors (Lipinski definition) is 0. The zero-order valence-corrected chi connectivity index (χ0v) is 12.1. The number of rotatable bonds is 4. The number of hydrogen-bond acceptors (Lipinski definition) is 2. The van der Waals surface area contributed by atoms with Gasteiger partial charge in [0.15, 0.2) is 11.5 Å². The molecule has 1 aromatic rings. The van der Waals surface area contributed by atoms with Crippen molar-refractivity contribution in [1.82, 2.24) is 0 Å². The Kier molecular flexibility index (Phi) is 5.88. The molecule has 0 aliphatic rings. The molecule has 1 rings (SSSR count). The van der Waals surface area contributed by atoms with Gasteiger partial charge in [-0.1, -0.05) is 31.4 Å². The second-order valence-electron chi connectivity index (χ2n) is 4.08. The molecule has 0 saturated carbocycles. The number of halogens is 1. The zero-order chi connectivity index (χ0) is 13.5. The fourth-order valence-corrected chi connectivity index (χ4v) is 1.94. The maximum Gasteiger partial charge on any atom is 0.162 e. The maximum atomic E-state index is 6.23. The molecule has 1 aromatic carbocycles. The van der Waals surface area contributed by atoms with E-state index < -0.39 is 0 Å². The van der Waals surface area contributed by atoms with E-state index >= 15 is 0 Å². The third-order valence-electron chi connectivity index (χ3n) is 2.60. The van der Waals surface area contributed by atoms with Gasteiger partial charge in [-0.15, -0.1) is 5.92 Å². The highest BCUT2D eigenvalue weighted by atomic mass is 35.5. The fourth-order valence-electron chi connectivity index (χ4n) is 1.71. The Morgan fingerprint density at radius 1 is 1.22 bits per heavy atom. The molecule has 0 N–H and O–H groups in total. The molecule has 2 nitrogen and oxygen atoms in total. The molecule has 0 radical (unpaired) electrons. The van der Waals surface area contributed by atoms with Crippen LogP contribution in [0.15, 0.2) is 12.1 Å². The lowest BCUT2D eigenvalue weighted by molar-refractivity contribution is 0.354. The van der Waals surface area contributed by atoms with Crippen molar-refractivity contribution < 1.29 is 9.47 Å². The molecule has 0 fully saturated rings. The highest BCUT2D eigenvalue weighted by molar-refractivity contribution is 6.31. The van der Waals surface area contributed by atoms with Gasteiger partial charge in [-0.2, -0.15) is 0 Å². The summed E-state index contributed by atoms with van der Waals surface area (Å²) >= 11 is 6.23. The van der Waals surface area contributed by atoms with Crippen molar-refractivity contribution in [2.45, 2.75) is 26.7 Å². The molecule has 0 heterocycles. The fraction of sp³-hybridized carbons (Fsp3) is 0.467. The summed E-state index contributed by atoms with van der Waals surface area (Å²) in [6.45, 7) is 4.14. The molecular weight excluding hydrogens is 248 g/mol. The first-order valence-electron chi connectivity index (χ1n) is 6.01. The second kappa shape index (κ2) is 7.18. The van der Waals surface area contributed by atoms with Gasteiger partial charge in [0.25, 0.3) is 0 Å². The third-order valence-corrected chi connectivity index (χ3v) is 2.96. The predicted octanol–water partition coefficient (Wildman–Crippen LogP) is 3.95. The Morgan fingerprint density at radius 3 is 2.39 bits per heavy atom. The predicted molar refractivity (Wildman–Crippen MR) is 75.5 cm³/mol. The summed E-state index contributed by atoms with van der Waals surface area (Å²) in [6, 6.07) is 3.71. The minimum Gasteiger partial charge on any atom is -0.493 e. The van der Waals surface area contributed by atoms with Crippen molar-refractivity contribution in [2.75, 3.05) is 14.2 Å². The number of methoxy groups -OCH3 is 2. The maximum absolute atomic E-state index is 6.23. The molecule has 0 aliphatic carbocycles. The van der Waals surface area contributed by atoms with Gasteiger partial charge >= 0.3 is 0 Å². The highest BCUT2D eigenvalue weighted by Gasteiger charge is 2.11. The van der Waals surface area contributed by atoms with Gasteiger partial charge < -0.3 is 9.47 Å². The molecule has 0 amide bonds. The molecule has 3 heteroatoms. The smallest absolute Gasteiger partial charge is 0.162 e. The van der Waals surface area contributed by atoms with Crippen LogP contribution in [-0.4, -0.2) is 14.2 Å². The van der Waals surface area contributed by atoms with Crippen molar-refractivity contribution in [2.24, 2.45) is 5.92 Å². The van der Waals surface area contributed by atoms with E-state index in [-0.39, 0.29) is 5.92 Å². The van der Waals surface area contributed by atoms with E-state index in [2.05, 4.69) is 18.8 Å². The van der Waals surface area contributed by atoms with Gasteiger partial charge in [0, 0.05) is 23.4 Å². The average Bonchev–Trinajstić information content (AvgIpc) is 2.38. The van der Waals surface area contributed by atoms with E-state index in [0.29, 0.717) is 16.5 Å². The number of benzene rings is 1. The normalized spacial score (nSPS) is 11.4. The van der Waals surface area contributed by atoms with Crippen molar-refractivity contribution in [3.05, 3.63) is 22.7 Å². The largest absolute Gasteiger partial charge is 0.493 e. The minimum atomic E-state index is 0.278. The van der Waals surface area contributed by atoms with Gasteiger partial charge in [0.05, 0.1) is 14.2 Å². The third kappa shape index (κ3) is 3.85. The molecule has 0 saturated heterocycles. The SMILES string of the molecule is CCC#CC(C)Cc1cc(OC)c(OC)cc1Cl. The first kappa shape index (κ1) is 14.7. The Labute approximate surface area is 114 Å². The summed E-state index contributed by atoms with van der Waals surface area (Å²) in [7, 11) is 3.22. The van der Waals surface area contributed by atoms with Crippen LogP contribution in [0.3, 0.4) is 0 Å². The Bertz CT molecular complexity index is 458. The summed E-state index contributed by atoms with van der Waals surface area (Å²) in [4.78, 5) is 0. The van der Waals surface area contributed by atoms with Crippen LogP contribution in [0.2, 0.25) is 5.02 Å². The van der Waals surface area contributed by atoms with Crippen molar-refractivity contribution in [3.63, 3.8) is 0 Å². The molecule has 0 spiro atoms. The molecule has 0 aliphatic heterocycles. The molecule has 1 atom stereocenters. The van der Waals surface area contributed by atoms with Gasteiger partial charge in [-0.25, -0.2) is 0 Å². The van der Waals surface area contributed by atoms with Crippen LogP contribution in [0.5, 0.6) is 11.5 Å². The van der Waals surface area contributed by atoms with Crippen LogP contribution in [0.4, 0.5) is 0 Å². The topological polar surface area (TPSA) is 18.5 Å². The van der Waals surface area contributed by atoms with Crippen LogP contribution in [0.1, 0.15) is 25.8 Å². The zero-order valence-electron chi connectivity index (χ0n) is 11.3. The van der Waals surface area contributed by atoms with E-state index in [0.717, 1.165) is 18.4 Å². The van der Waals surface area contributed by atoms with Crippen molar-refractivity contribution >= 4 is 11.6 Å². The van der Waals surface area contributed by atoms with Gasteiger partial charge in [-0.05, 0) is 18.1 Å². The first-order valence-corrected chi connectivity index (χ1v) is 6.38. The monoisotopic (exact) mass is 266 g/mol. The van der Waals surface area contributed by atoms with Crippen LogP contribution < -0.4 is 9.47 Å². The Balaban J connectivity index is 2.95. The Morgan fingerprint density at radius 2 is 1.83 bits per heavy atom. The van der Waals surface area contributed by atoms with Crippen molar-refractivity contribution in [3.8, 4) is 23.3 Å². The second-order valence-corrected chi connectivity index (χ2v) is 4.49. The van der Waals surface area contributed by atoms with Crippen LogP contribution in [0.25, 0.3) is 0 Å². The van der Waals surface area contributed by atoms with E-state index in [9.17, 15) is 0 Å². The van der Waals surface area contributed by atoms with E-state index in [1.165, 1.54) is 0 Å². The van der Waals surface area contributed by atoms with Gasteiger partial charge in [-0.3, -0.25) is 0 Å². The molecule has 18 heavy (non-hydrogen) atoms. The Hall–Kier alpha value is -1.33. The molecule has 0 bridgehead atoms. The van der Waals surface area contributed by atoms with Crippen LogP contribution in [0, 0.1) is 17.8 Å². The molecular formula is C15H19ClO2. The first-order chi connectivity index (χ1) is 8.62. The lowest BCUT2D eigenvalue weighted by Crippen LogP contribution is -1.99. The van der Waals surface area contributed by atoms with Gasteiger partial charge in [0.2, 0.25) is 0 Å². The van der Waals surface area contributed by atoms with E-state index in [4.69, 9.17) is 21.1 Å². The average molecular weight is 267 g/mol. The van der Waals surface area contributed by atoms with Crippen LogP contribution in [-0.2, 0) is 6.42 Å². The summed E-state index contributed by atoms with van der Waals surface area (Å²) in [5.74, 6) is 7.91. The summed E-state index contributed by atoms with van der Waals surface area (Å²) < 4.78 is 10.5. The lowest BCUT2D eigenvalue weighted by Gasteiger charge is -2.12. The summed E-state index contributed by atoms with van der Waals surface area (Å²) in [5, 5.41) is 0.692. The number of ether oxygens (including phenoxy) is 2. The van der Waals surface area contributed by atoms with E-state index in [1.807, 2.05) is 13.0 Å².